The largest absolute Gasteiger partial charge is 0.360 e. The number of amides is 1. The van der Waals surface area contributed by atoms with E-state index in [1.807, 2.05) is 10.9 Å². The molecule has 2 N–H and O–H groups in total. The van der Waals surface area contributed by atoms with Gasteiger partial charge in [0.2, 0.25) is 0 Å². The molecule has 0 spiro atoms. The number of rotatable bonds is 5. The predicted octanol–water partition coefficient (Wildman–Crippen LogP) is 3.86. The molecule has 1 atom stereocenters. The van der Waals surface area contributed by atoms with Crippen LogP contribution in [0.1, 0.15) is 73.2 Å². The first-order valence-corrected chi connectivity index (χ1v) is 9.75. The third-order valence-corrected chi connectivity index (χ3v) is 5.89. The van der Waals surface area contributed by atoms with Gasteiger partial charge in [-0.05, 0) is 40.0 Å². The van der Waals surface area contributed by atoms with Gasteiger partial charge in [-0.1, -0.05) is 13.8 Å². The zero-order valence-corrected chi connectivity index (χ0v) is 16.4. The van der Waals surface area contributed by atoms with E-state index >= 15 is 0 Å². The van der Waals surface area contributed by atoms with Crippen molar-refractivity contribution >= 4 is 23.1 Å². The first-order valence-electron chi connectivity index (χ1n) is 8.94. The van der Waals surface area contributed by atoms with Crippen LogP contribution in [-0.4, -0.2) is 26.7 Å². The highest BCUT2D eigenvalue weighted by Crippen LogP contribution is 2.40. The molecule has 136 valence electrons. The Morgan fingerprint density at radius 3 is 2.76 bits per heavy atom. The molecule has 1 aliphatic heterocycles. The van der Waals surface area contributed by atoms with Crippen LogP contribution in [0, 0.1) is 6.92 Å². The lowest BCUT2D eigenvalue weighted by Gasteiger charge is -2.37. The Balaban J connectivity index is 1.91. The lowest BCUT2D eigenvalue weighted by molar-refractivity contribution is 0.0935. The van der Waals surface area contributed by atoms with Crippen LogP contribution in [0.15, 0.2) is 12.4 Å². The number of carbonyl (C=O) groups is 1. The van der Waals surface area contributed by atoms with Gasteiger partial charge in [0, 0.05) is 17.1 Å². The Bertz CT molecular complexity index is 759. The number of hydrogen-bond donors (Lipinski definition) is 2. The minimum atomic E-state index is -0.182. The first-order chi connectivity index (χ1) is 11.9. The van der Waals surface area contributed by atoms with Gasteiger partial charge in [-0.3, -0.25) is 4.79 Å². The molecule has 25 heavy (non-hydrogen) atoms. The van der Waals surface area contributed by atoms with Gasteiger partial charge >= 0.3 is 0 Å². The van der Waals surface area contributed by atoms with Crippen LogP contribution in [0.25, 0.3) is 0 Å². The van der Waals surface area contributed by atoms with Crippen molar-refractivity contribution in [1.82, 2.24) is 20.1 Å². The van der Waals surface area contributed by atoms with Gasteiger partial charge in [0.25, 0.3) is 5.91 Å². The molecule has 3 heterocycles. The van der Waals surface area contributed by atoms with Gasteiger partial charge in [-0.25, -0.2) is 9.67 Å². The normalized spacial score (nSPS) is 18.7. The van der Waals surface area contributed by atoms with Crippen molar-refractivity contribution in [3.63, 3.8) is 0 Å². The maximum atomic E-state index is 12.7. The number of anilines is 1. The van der Waals surface area contributed by atoms with Crippen molar-refractivity contribution in [2.24, 2.45) is 0 Å². The Morgan fingerprint density at radius 1 is 1.44 bits per heavy atom. The molecule has 0 aromatic carbocycles. The minimum Gasteiger partial charge on any atom is -0.360 e. The van der Waals surface area contributed by atoms with Crippen LogP contribution in [0.4, 0.5) is 5.82 Å². The fourth-order valence-electron chi connectivity index (χ4n) is 3.35. The monoisotopic (exact) mass is 361 g/mol. The summed E-state index contributed by atoms with van der Waals surface area (Å²) >= 11 is 1.70. The van der Waals surface area contributed by atoms with Crippen molar-refractivity contribution in [2.45, 2.75) is 71.5 Å². The van der Waals surface area contributed by atoms with Crippen LogP contribution in [0.5, 0.6) is 0 Å². The summed E-state index contributed by atoms with van der Waals surface area (Å²) in [4.78, 5) is 18.5. The quantitative estimate of drug-likeness (QED) is 0.848. The number of hydrogen-bond acceptors (Lipinski definition) is 5. The Hall–Kier alpha value is -1.89. The molecule has 0 radical (unpaired) electrons. The smallest absolute Gasteiger partial charge is 0.256 e. The van der Waals surface area contributed by atoms with Crippen LogP contribution < -0.4 is 10.6 Å². The zero-order valence-electron chi connectivity index (χ0n) is 15.6. The van der Waals surface area contributed by atoms with Gasteiger partial charge in [0.1, 0.15) is 16.4 Å². The summed E-state index contributed by atoms with van der Waals surface area (Å²) in [5.74, 6) is 0.728. The van der Waals surface area contributed by atoms with Gasteiger partial charge in [-0.15, -0.1) is 11.3 Å². The SMILES string of the molecule is CCC(CC)NC(=O)c1cnn2c1NC(c1ncc(C)s1)CC2(C)C. The van der Waals surface area contributed by atoms with E-state index in [1.54, 1.807) is 17.5 Å². The molecule has 1 unspecified atom stereocenters. The second-order valence-corrected chi connectivity index (χ2v) is 8.59. The third-order valence-electron chi connectivity index (χ3n) is 4.86. The topological polar surface area (TPSA) is 71.8 Å². The highest BCUT2D eigenvalue weighted by atomic mass is 32.1. The van der Waals surface area contributed by atoms with Crippen LogP contribution in [0.2, 0.25) is 0 Å². The van der Waals surface area contributed by atoms with Gasteiger partial charge < -0.3 is 10.6 Å². The molecule has 2 aromatic heterocycles. The number of thiazole rings is 1. The lowest BCUT2D eigenvalue weighted by atomic mass is 9.93. The van der Waals surface area contributed by atoms with E-state index < -0.39 is 0 Å². The molecule has 0 aliphatic carbocycles. The Morgan fingerprint density at radius 2 is 2.16 bits per heavy atom. The molecule has 1 aliphatic rings. The van der Waals surface area contributed by atoms with Gasteiger partial charge in [0.15, 0.2) is 0 Å². The summed E-state index contributed by atoms with van der Waals surface area (Å²) in [6, 6.07) is 0.287. The van der Waals surface area contributed by atoms with Gasteiger partial charge in [0.05, 0.1) is 17.8 Å². The summed E-state index contributed by atoms with van der Waals surface area (Å²) in [5.41, 5.74) is 0.427. The molecule has 7 heteroatoms. The number of nitrogens with zero attached hydrogens (tertiary/aromatic N) is 3. The molecule has 0 bridgehead atoms. The van der Waals surface area contributed by atoms with Crippen LogP contribution in [-0.2, 0) is 5.54 Å². The van der Waals surface area contributed by atoms with E-state index in [1.165, 1.54) is 4.88 Å². The Labute approximate surface area is 153 Å². The summed E-state index contributed by atoms with van der Waals surface area (Å²) < 4.78 is 1.94. The number of fused-ring (bicyclic) bond motifs is 1. The predicted molar refractivity (Wildman–Crippen MR) is 101 cm³/mol. The van der Waals surface area contributed by atoms with E-state index in [4.69, 9.17) is 0 Å². The van der Waals surface area contributed by atoms with Crippen molar-refractivity contribution in [3.8, 4) is 0 Å². The number of carbonyl (C=O) groups excluding carboxylic acids is 1. The summed E-state index contributed by atoms with van der Waals surface area (Å²) in [6.07, 6.45) is 6.30. The standard InChI is InChI=1S/C18H27N5OS/c1-6-12(7-2)21-16(24)13-10-20-23-15(13)22-14(8-18(23,4)5)17-19-9-11(3)25-17/h9-10,12,14,22H,6-8H2,1-5H3,(H,21,24). The molecule has 0 fully saturated rings. The zero-order chi connectivity index (χ0) is 18.2. The van der Waals surface area contributed by atoms with Crippen molar-refractivity contribution < 1.29 is 4.79 Å². The maximum absolute atomic E-state index is 12.7. The number of aryl methyl sites for hydroxylation is 1. The van der Waals surface area contributed by atoms with Crippen LogP contribution >= 0.6 is 11.3 Å². The molecule has 6 nitrogen and oxygen atoms in total. The summed E-state index contributed by atoms with van der Waals surface area (Å²) in [7, 11) is 0. The molecule has 0 saturated carbocycles. The molecule has 0 saturated heterocycles. The van der Waals surface area contributed by atoms with E-state index in [0.717, 1.165) is 30.1 Å². The average molecular weight is 362 g/mol. The first kappa shape index (κ1) is 17.9. The maximum Gasteiger partial charge on any atom is 0.256 e. The fraction of sp³-hybridized carbons (Fsp3) is 0.611. The Kier molecular flexibility index (Phi) is 4.86. The molecule has 2 aromatic rings. The van der Waals surface area contributed by atoms with Crippen molar-refractivity contribution in [1.29, 1.82) is 0 Å². The second-order valence-electron chi connectivity index (χ2n) is 7.33. The summed E-state index contributed by atoms with van der Waals surface area (Å²) in [6.45, 7) is 10.5. The van der Waals surface area contributed by atoms with Crippen molar-refractivity contribution in [2.75, 3.05) is 5.32 Å². The highest BCUT2D eigenvalue weighted by Gasteiger charge is 2.37. The van der Waals surface area contributed by atoms with Crippen LogP contribution in [0.3, 0.4) is 0 Å². The van der Waals surface area contributed by atoms with E-state index in [2.05, 4.69) is 55.3 Å². The molecule has 1 amide bonds. The van der Waals surface area contributed by atoms with Crippen molar-refractivity contribution in [3.05, 3.63) is 27.8 Å². The average Bonchev–Trinajstić information content (AvgIpc) is 3.18. The summed E-state index contributed by atoms with van der Waals surface area (Å²) in [5, 5.41) is 12.2. The minimum absolute atomic E-state index is 0.0609. The molecular weight excluding hydrogens is 334 g/mol. The second kappa shape index (κ2) is 6.78. The molecular formula is C18H27N5OS. The fourth-order valence-corrected chi connectivity index (χ4v) is 4.18. The molecule has 3 rings (SSSR count). The third kappa shape index (κ3) is 3.42. The lowest BCUT2D eigenvalue weighted by Crippen LogP contribution is -2.39. The van der Waals surface area contributed by atoms with Gasteiger partial charge in [-0.2, -0.15) is 5.10 Å². The van der Waals surface area contributed by atoms with E-state index in [9.17, 15) is 4.79 Å². The highest BCUT2D eigenvalue weighted by molar-refractivity contribution is 7.11. The number of aromatic nitrogens is 3. The van der Waals surface area contributed by atoms with E-state index in [-0.39, 0.29) is 23.5 Å². The van der Waals surface area contributed by atoms with E-state index in [0.29, 0.717) is 5.56 Å². The number of nitrogens with one attached hydrogen (secondary N) is 2.